The van der Waals surface area contributed by atoms with Gasteiger partial charge in [-0.25, -0.2) is 4.98 Å². The Kier molecular flexibility index (Phi) is 6.61. The van der Waals surface area contributed by atoms with Crippen LogP contribution in [0.5, 0.6) is 5.75 Å². The number of thiazole rings is 1. The molecule has 0 aliphatic heterocycles. The molecule has 29 heavy (non-hydrogen) atoms. The predicted molar refractivity (Wildman–Crippen MR) is 113 cm³/mol. The van der Waals surface area contributed by atoms with Crippen LogP contribution in [0.1, 0.15) is 16.8 Å². The first-order valence-corrected chi connectivity index (χ1v) is 9.94. The number of carbonyl (C=O) groups is 2. The molecule has 0 saturated heterocycles. The maximum atomic E-state index is 12.1. The molecule has 1 N–H and O–H groups in total. The lowest BCUT2D eigenvalue weighted by atomic mass is 10.2. The van der Waals surface area contributed by atoms with Crippen molar-refractivity contribution in [2.75, 3.05) is 19.0 Å². The van der Waals surface area contributed by atoms with Crippen molar-refractivity contribution in [3.63, 3.8) is 0 Å². The number of nitrogens with one attached hydrogen (secondary N) is 1. The molecule has 0 bridgehead atoms. The number of methoxy groups -OCH3 is 1. The van der Waals surface area contributed by atoms with E-state index in [1.165, 1.54) is 24.0 Å². The third-order valence-corrected chi connectivity index (χ3v) is 5.11. The van der Waals surface area contributed by atoms with Gasteiger partial charge in [-0.15, -0.1) is 11.3 Å². The Bertz CT molecular complexity index is 1010. The number of amides is 1. The van der Waals surface area contributed by atoms with Gasteiger partial charge in [0, 0.05) is 10.9 Å². The molecule has 150 valence electrons. The van der Waals surface area contributed by atoms with Gasteiger partial charge < -0.3 is 14.8 Å². The first-order valence-electron chi connectivity index (χ1n) is 9.06. The van der Waals surface area contributed by atoms with Crippen LogP contribution in [0.2, 0.25) is 0 Å². The zero-order valence-corrected chi connectivity index (χ0v) is 17.3. The average Bonchev–Trinajstić information content (AvgIpc) is 3.15. The molecule has 6 nitrogen and oxygen atoms in total. The summed E-state index contributed by atoms with van der Waals surface area (Å²) >= 11 is 1.47. The van der Waals surface area contributed by atoms with Crippen LogP contribution in [0.4, 0.5) is 5.69 Å². The number of aromatic nitrogens is 1. The summed E-state index contributed by atoms with van der Waals surface area (Å²) in [5.74, 6) is -0.389. The van der Waals surface area contributed by atoms with E-state index in [-0.39, 0.29) is 13.0 Å². The van der Waals surface area contributed by atoms with Crippen LogP contribution in [0, 0.1) is 13.8 Å². The fourth-order valence-electron chi connectivity index (χ4n) is 2.67. The fourth-order valence-corrected chi connectivity index (χ4v) is 3.49. The number of hydrogen-bond donors (Lipinski definition) is 1. The van der Waals surface area contributed by atoms with E-state index >= 15 is 0 Å². The number of esters is 1. The van der Waals surface area contributed by atoms with Crippen molar-refractivity contribution in [2.45, 2.75) is 20.3 Å². The average molecular weight is 410 g/mol. The summed E-state index contributed by atoms with van der Waals surface area (Å²) in [7, 11) is 1.53. The number of aryl methyl sites for hydroxylation is 2. The molecule has 0 radical (unpaired) electrons. The maximum absolute atomic E-state index is 12.1. The quantitative estimate of drug-likeness (QED) is 0.592. The van der Waals surface area contributed by atoms with E-state index in [9.17, 15) is 9.59 Å². The van der Waals surface area contributed by atoms with Gasteiger partial charge in [-0.2, -0.15) is 0 Å². The summed E-state index contributed by atoms with van der Waals surface area (Å²) in [4.78, 5) is 28.7. The highest BCUT2D eigenvalue weighted by molar-refractivity contribution is 7.13. The van der Waals surface area contributed by atoms with Crippen LogP contribution < -0.4 is 10.1 Å². The molecule has 7 heteroatoms. The van der Waals surface area contributed by atoms with Crippen molar-refractivity contribution >= 4 is 28.9 Å². The van der Waals surface area contributed by atoms with Gasteiger partial charge in [0.15, 0.2) is 6.61 Å². The van der Waals surface area contributed by atoms with Crippen molar-refractivity contribution in [2.24, 2.45) is 0 Å². The highest BCUT2D eigenvalue weighted by atomic mass is 32.1. The number of anilines is 1. The molecule has 0 aliphatic rings. The molecule has 0 unspecified atom stereocenters. The number of rotatable bonds is 7. The van der Waals surface area contributed by atoms with Gasteiger partial charge in [0.1, 0.15) is 10.8 Å². The Morgan fingerprint density at radius 3 is 2.52 bits per heavy atom. The van der Waals surface area contributed by atoms with Gasteiger partial charge in [0.25, 0.3) is 5.91 Å². The zero-order chi connectivity index (χ0) is 20.8. The monoisotopic (exact) mass is 410 g/mol. The number of ether oxygens (including phenoxy) is 2. The second-order valence-electron chi connectivity index (χ2n) is 6.60. The Morgan fingerprint density at radius 1 is 1.07 bits per heavy atom. The first-order chi connectivity index (χ1) is 13.9. The van der Waals surface area contributed by atoms with E-state index in [1.807, 2.05) is 49.6 Å². The van der Waals surface area contributed by atoms with Crippen LogP contribution in [-0.2, 0) is 20.7 Å². The normalized spacial score (nSPS) is 10.4. The van der Waals surface area contributed by atoms with Gasteiger partial charge >= 0.3 is 5.97 Å². The molecular weight excluding hydrogens is 388 g/mol. The van der Waals surface area contributed by atoms with Crippen LogP contribution in [0.3, 0.4) is 0 Å². The third kappa shape index (κ3) is 5.65. The summed E-state index contributed by atoms with van der Waals surface area (Å²) in [6.45, 7) is 3.57. The number of hydrogen-bond acceptors (Lipinski definition) is 6. The van der Waals surface area contributed by atoms with E-state index in [1.54, 1.807) is 12.1 Å². The molecular formula is C22H22N2O4S. The minimum atomic E-state index is -0.503. The third-order valence-electron chi connectivity index (χ3n) is 4.17. The molecule has 0 aliphatic carbocycles. The molecule has 3 rings (SSSR count). The molecule has 1 aromatic heterocycles. The van der Waals surface area contributed by atoms with Crippen LogP contribution in [-0.4, -0.2) is 30.6 Å². The van der Waals surface area contributed by atoms with E-state index in [2.05, 4.69) is 10.3 Å². The van der Waals surface area contributed by atoms with Crippen molar-refractivity contribution in [1.29, 1.82) is 0 Å². The van der Waals surface area contributed by atoms with Crippen LogP contribution in [0.25, 0.3) is 10.6 Å². The zero-order valence-electron chi connectivity index (χ0n) is 16.5. The molecule has 0 saturated carbocycles. The second kappa shape index (κ2) is 9.34. The van der Waals surface area contributed by atoms with E-state index in [0.717, 1.165) is 16.1 Å². The molecule has 1 heterocycles. The van der Waals surface area contributed by atoms with Gasteiger partial charge in [-0.3, -0.25) is 9.59 Å². The van der Waals surface area contributed by atoms with Gasteiger partial charge in [0.2, 0.25) is 0 Å². The largest absolute Gasteiger partial charge is 0.495 e. The molecule has 2 aromatic carbocycles. The van der Waals surface area contributed by atoms with Gasteiger partial charge in [-0.05, 0) is 31.5 Å². The topological polar surface area (TPSA) is 77.5 Å². The highest BCUT2D eigenvalue weighted by Gasteiger charge is 2.13. The Hall–Kier alpha value is -3.19. The van der Waals surface area contributed by atoms with E-state index in [4.69, 9.17) is 9.47 Å². The van der Waals surface area contributed by atoms with Crippen molar-refractivity contribution < 1.29 is 19.1 Å². The highest BCUT2D eigenvalue weighted by Crippen LogP contribution is 2.25. The van der Waals surface area contributed by atoms with Crippen molar-refractivity contribution in [3.05, 3.63) is 64.7 Å². The second-order valence-corrected chi connectivity index (χ2v) is 7.46. The Labute approximate surface area is 173 Å². The summed E-state index contributed by atoms with van der Waals surface area (Å²) in [5.41, 5.74) is 4.32. The maximum Gasteiger partial charge on any atom is 0.312 e. The minimum Gasteiger partial charge on any atom is -0.495 e. The van der Waals surface area contributed by atoms with Crippen LogP contribution >= 0.6 is 11.3 Å². The van der Waals surface area contributed by atoms with Crippen molar-refractivity contribution in [1.82, 2.24) is 4.98 Å². The van der Waals surface area contributed by atoms with Gasteiger partial charge in [0.05, 0.1) is 24.9 Å². The van der Waals surface area contributed by atoms with Crippen molar-refractivity contribution in [3.8, 4) is 16.3 Å². The number of nitrogens with zero attached hydrogens (tertiary/aromatic N) is 1. The Balaban J connectivity index is 1.52. The summed E-state index contributed by atoms with van der Waals surface area (Å²) in [5, 5.41) is 5.37. The lowest BCUT2D eigenvalue weighted by Gasteiger charge is -2.11. The molecule has 0 fully saturated rings. The summed E-state index contributed by atoms with van der Waals surface area (Å²) < 4.78 is 10.3. The number of carbonyl (C=O) groups excluding carboxylic acids is 2. The standard InChI is InChI=1S/C22H22N2O4S/c1-14-4-7-16(8-5-14)22-23-17(13-29-22)11-21(26)28-12-20(25)24-18-10-15(2)6-9-19(18)27-3/h4-10,13H,11-12H2,1-3H3,(H,24,25). The Morgan fingerprint density at radius 2 is 1.79 bits per heavy atom. The van der Waals surface area contributed by atoms with Gasteiger partial charge in [-0.1, -0.05) is 35.9 Å². The molecule has 0 spiro atoms. The first kappa shape index (κ1) is 20.5. The summed E-state index contributed by atoms with van der Waals surface area (Å²) in [6.07, 6.45) is 0.0173. The predicted octanol–water partition coefficient (Wildman–Crippen LogP) is 4.16. The SMILES string of the molecule is COc1ccc(C)cc1NC(=O)COC(=O)Cc1csc(-c2ccc(C)cc2)n1. The minimum absolute atomic E-state index is 0.0173. The van der Waals surface area contributed by atoms with E-state index < -0.39 is 11.9 Å². The molecule has 0 atom stereocenters. The number of benzene rings is 2. The summed E-state index contributed by atoms with van der Waals surface area (Å²) in [6, 6.07) is 13.5. The fraction of sp³-hybridized carbons (Fsp3) is 0.227. The van der Waals surface area contributed by atoms with Crippen LogP contribution in [0.15, 0.2) is 47.8 Å². The smallest absolute Gasteiger partial charge is 0.312 e. The lowest BCUT2D eigenvalue weighted by Crippen LogP contribution is -2.22. The molecule has 1 amide bonds. The lowest BCUT2D eigenvalue weighted by molar-refractivity contribution is -0.146. The van der Waals surface area contributed by atoms with E-state index in [0.29, 0.717) is 17.1 Å². The molecule has 3 aromatic rings.